The quantitative estimate of drug-likeness (QED) is 0.165. The highest BCUT2D eigenvalue weighted by atomic mass is 79.9. The number of alkyl halides is 2. The number of carbonyl (C=O) groups excluding carboxylic acids is 2. The number of nitrogens with zero attached hydrogens (tertiary/aromatic N) is 1. The second kappa shape index (κ2) is 8.13. The Labute approximate surface area is 239 Å². The number of hydrogen-bond acceptors (Lipinski definition) is 3. The SMILES string of the molecule is O=C1[C@H]2[C@H](C(=O)N1c1ccc(Oc3ccc(Br)cc3)cc1)C1(Br)c3ccccc3C2(Br)c2ccccc21. The van der Waals surface area contributed by atoms with Gasteiger partial charge in [-0.05, 0) is 70.8 Å². The summed E-state index contributed by atoms with van der Waals surface area (Å²) in [5, 5.41) is 0. The molecule has 1 aliphatic heterocycles. The highest BCUT2D eigenvalue weighted by molar-refractivity contribution is 9.10. The molecule has 37 heavy (non-hydrogen) atoms. The Morgan fingerprint density at radius 3 is 1.38 bits per heavy atom. The van der Waals surface area contributed by atoms with Crippen molar-refractivity contribution in [1.29, 1.82) is 0 Å². The number of benzene rings is 4. The predicted octanol–water partition coefficient (Wildman–Crippen LogP) is 7.65. The minimum Gasteiger partial charge on any atom is -0.457 e. The van der Waals surface area contributed by atoms with Crippen LogP contribution in [0.25, 0.3) is 0 Å². The van der Waals surface area contributed by atoms with Gasteiger partial charge in [-0.25, -0.2) is 4.90 Å². The van der Waals surface area contributed by atoms with Gasteiger partial charge in [0.25, 0.3) is 0 Å². The van der Waals surface area contributed by atoms with E-state index in [-0.39, 0.29) is 11.8 Å². The molecular formula is C30H18Br3NO3. The molecular weight excluding hydrogens is 662 g/mol. The van der Waals surface area contributed by atoms with Crippen molar-refractivity contribution < 1.29 is 14.3 Å². The van der Waals surface area contributed by atoms with Gasteiger partial charge in [0, 0.05) is 4.47 Å². The molecule has 4 aromatic carbocycles. The molecule has 1 saturated heterocycles. The number of carbonyl (C=O) groups is 2. The summed E-state index contributed by atoms with van der Waals surface area (Å²) in [5.41, 5.74) is 4.62. The van der Waals surface area contributed by atoms with E-state index >= 15 is 0 Å². The topological polar surface area (TPSA) is 46.6 Å². The fourth-order valence-corrected chi connectivity index (χ4v) is 8.79. The van der Waals surface area contributed by atoms with Crippen LogP contribution in [0.15, 0.2) is 102 Å². The zero-order valence-electron chi connectivity index (χ0n) is 19.2. The van der Waals surface area contributed by atoms with Crippen molar-refractivity contribution >= 4 is 65.3 Å². The molecule has 7 heteroatoms. The molecule has 0 N–H and O–H groups in total. The zero-order valence-corrected chi connectivity index (χ0v) is 24.0. The van der Waals surface area contributed by atoms with Crippen molar-refractivity contribution in [3.05, 3.63) is 124 Å². The summed E-state index contributed by atoms with van der Waals surface area (Å²) in [6.07, 6.45) is 0. The number of anilines is 1. The number of amides is 2. The molecule has 4 aromatic rings. The maximum absolute atomic E-state index is 14.1. The van der Waals surface area contributed by atoms with E-state index in [1.54, 1.807) is 24.3 Å². The number of hydrogen-bond donors (Lipinski definition) is 0. The highest BCUT2D eigenvalue weighted by Gasteiger charge is 2.72. The number of ether oxygens (including phenoxy) is 1. The van der Waals surface area contributed by atoms with E-state index in [9.17, 15) is 9.59 Å². The van der Waals surface area contributed by atoms with E-state index in [1.165, 1.54) is 4.90 Å². The molecule has 8 rings (SSSR count). The molecule has 1 fully saturated rings. The lowest BCUT2D eigenvalue weighted by Gasteiger charge is -2.55. The summed E-state index contributed by atoms with van der Waals surface area (Å²) < 4.78 is 5.31. The van der Waals surface area contributed by atoms with Gasteiger partial charge in [-0.1, -0.05) is 96.3 Å². The van der Waals surface area contributed by atoms with Gasteiger partial charge >= 0.3 is 0 Å². The fourth-order valence-electron chi connectivity index (χ4n) is 6.22. The molecule has 4 nitrogen and oxygen atoms in total. The molecule has 0 radical (unpaired) electrons. The van der Waals surface area contributed by atoms with Crippen LogP contribution in [-0.4, -0.2) is 11.8 Å². The second-order valence-electron chi connectivity index (χ2n) is 9.53. The van der Waals surface area contributed by atoms with Gasteiger partial charge < -0.3 is 4.74 Å². The lowest BCUT2D eigenvalue weighted by Crippen LogP contribution is -2.56. The Morgan fingerprint density at radius 2 is 0.973 bits per heavy atom. The summed E-state index contributed by atoms with van der Waals surface area (Å²) in [6, 6.07) is 30.8. The van der Waals surface area contributed by atoms with E-state index < -0.39 is 20.5 Å². The summed E-state index contributed by atoms with van der Waals surface area (Å²) in [5.74, 6) is -0.283. The van der Waals surface area contributed by atoms with Crippen LogP contribution in [0.1, 0.15) is 22.3 Å². The molecule has 0 unspecified atom stereocenters. The van der Waals surface area contributed by atoms with Crippen molar-refractivity contribution in [2.75, 3.05) is 4.90 Å². The second-order valence-corrected chi connectivity index (χ2v) is 12.9. The van der Waals surface area contributed by atoms with Crippen molar-refractivity contribution in [2.45, 2.75) is 8.65 Å². The summed E-state index contributed by atoms with van der Waals surface area (Å²) in [4.78, 5) is 29.6. The van der Waals surface area contributed by atoms with E-state index in [2.05, 4.69) is 72.1 Å². The van der Waals surface area contributed by atoms with Gasteiger partial charge in [-0.3, -0.25) is 9.59 Å². The number of halogens is 3. The van der Waals surface area contributed by atoms with Crippen molar-refractivity contribution in [3.63, 3.8) is 0 Å². The van der Waals surface area contributed by atoms with Gasteiger partial charge in [-0.2, -0.15) is 0 Å². The predicted molar refractivity (Wildman–Crippen MR) is 152 cm³/mol. The summed E-state index contributed by atoms with van der Waals surface area (Å²) in [6.45, 7) is 0. The normalized spacial score (nSPS) is 27.1. The van der Waals surface area contributed by atoms with Crippen LogP contribution in [0.5, 0.6) is 11.5 Å². The standard InChI is InChI=1S/C30H18Br3NO3/c31-17-9-13-19(14-10-17)37-20-15-11-18(12-16-20)34-27(35)25-26(28(34)36)30(33)22-6-2-1-5-21(22)29(25,32)23-7-3-4-8-24(23)30/h1-16,25-26H/t25-,26-,29?,30?/m1/s1. The smallest absolute Gasteiger partial charge is 0.239 e. The third kappa shape index (κ3) is 3.05. The Bertz CT molecular complexity index is 1480. The first-order valence-corrected chi connectivity index (χ1v) is 14.2. The summed E-state index contributed by atoms with van der Waals surface area (Å²) in [7, 11) is 0. The van der Waals surface area contributed by atoms with Crippen LogP contribution in [0.4, 0.5) is 5.69 Å². The zero-order chi connectivity index (χ0) is 25.5. The van der Waals surface area contributed by atoms with Crippen molar-refractivity contribution in [3.8, 4) is 11.5 Å². The van der Waals surface area contributed by atoms with Gasteiger partial charge in [0.1, 0.15) is 11.5 Å². The van der Waals surface area contributed by atoms with Crippen LogP contribution >= 0.6 is 47.8 Å². The molecule has 1 heterocycles. The Hall–Kier alpha value is -2.74. The molecule has 0 aromatic heterocycles. The largest absolute Gasteiger partial charge is 0.457 e. The molecule has 3 aliphatic carbocycles. The average molecular weight is 680 g/mol. The molecule has 0 saturated carbocycles. The van der Waals surface area contributed by atoms with E-state index in [4.69, 9.17) is 4.74 Å². The lowest BCUT2D eigenvalue weighted by atomic mass is 9.54. The number of imide groups is 1. The van der Waals surface area contributed by atoms with Gasteiger partial charge in [0.15, 0.2) is 0 Å². The first-order valence-electron chi connectivity index (χ1n) is 11.8. The van der Waals surface area contributed by atoms with E-state index in [0.717, 1.165) is 26.7 Å². The van der Waals surface area contributed by atoms with Crippen LogP contribution in [-0.2, 0) is 18.2 Å². The van der Waals surface area contributed by atoms with Crippen LogP contribution in [0.3, 0.4) is 0 Å². The van der Waals surface area contributed by atoms with Crippen molar-refractivity contribution in [1.82, 2.24) is 0 Å². The van der Waals surface area contributed by atoms with Gasteiger partial charge in [-0.15, -0.1) is 0 Å². The third-order valence-corrected chi connectivity index (χ3v) is 11.0. The Morgan fingerprint density at radius 1 is 0.595 bits per heavy atom. The molecule has 0 spiro atoms. The Kier molecular flexibility index (Phi) is 5.14. The van der Waals surface area contributed by atoms with Gasteiger partial charge in [0.2, 0.25) is 11.8 Å². The fraction of sp³-hybridized carbons (Fsp3) is 0.133. The first-order chi connectivity index (χ1) is 17.8. The minimum atomic E-state index is -0.799. The molecule has 2 atom stereocenters. The number of rotatable bonds is 3. The first kappa shape index (κ1) is 23.4. The van der Waals surface area contributed by atoms with Crippen molar-refractivity contribution in [2.24, 2.45) is 11.8 Å². The van der Waals surface area contributed by atoms with Crippen LogP contribution in [0.2, 0.25) is 0 Å². The molecule has 4 aliphatic rings. The lowest BCUT2D eigenvalue weighted by molar-refractivity contribution is -0.122. The monoisotopic (exact) mass is 677 g/mol. The van der Waals surface area contributed by atoms with Gasteiger partial charge in [0.05, 0.1) is 26.2 Å². The molecule has 2 amide bonds. The maximum atomic E-state index is 14.1. The van der Waals surface area contributed by atoms with E-state index in [1.807, 2.05) is 48.5 Å². The van der Waals surface area contributed by atoms with E-state index in [0.29, 0.717) is 17.2 Å². The highest BCUT2D eigenvalue weighted by Crippen LogP contribution is 2.70. The molecule has 182 valence electrons. The maximum Gasteiger partial charge on any atom is 0.239 e. The van der Waals surface area contributed by atoms with Crippen LogP contribution < -0.4 is 9.64 Å². The minimum absolute atomic E-state index is 0.207. The molecule has 2 bridgehead atoms. The Balaban J connectivity index is 1.31. The average Bonchev–Trinajstić information content (AvgIpc) is 3.20. The summed E-state index contributed by atoms with van der Waals surface area (Å²) >= 11 is 11.5. The van der Waals surface area contributed by atoms with Crippen LogP contribution in [0, 0.1) is 11.8 Å². The third-order valence-electron chi connectivity index (χ3n) is 7.73.